The van der Waals surface area contributed by atoms with Gasteiger partial charge in [0.25, 0.3) is 0 Å². The highest BCUT2D eigenvalue weighted by atomic mass is 16.2. The van der Waals surface area contributed by atoms with Gasteiger partial charge in [0.1, 0.15) is 0 Å². The highest BCUT2D eigenvalue weighted by Crippen LogP contribution is 2.18. The Balaban J connectivity index is 2.49. The van der Waals surface area contributed by atoms with Crippen LogP contribution in [0.2, 0.25) is 0 Å². The molecule has 16 heavy (non-hydrogen) atoms. The molecule has 0 aliphatic carbocycles. The third kappa shape index (κ3) is 4.12. The van der Waals surface area contributed by atoms with Crippen LogP contribution in [0.25, 0.3) is 0 Å². The average Bonchev–Trinajstić information content (AvgIpc) is 2.50. The fraction of sp³-hybridized carbons (Fsp3) is 0.923. The Morgan fingerprint density at radius 3 is 2.75 bits per heavy atom. The van der Waals surface area contributed by atoms with Crippen LogP contribution in [0.1, 0.15) is 52.4 Å². The molecule has 0 aromatic carbocycles. The quantitative estimate of drug-likeness (QED) is 0.798. The number of hydrogen-bond acceptors (Lipinski definition) is 2. The van der Waals surface area contributed by atoms with Crippen molar-refractivity contribution in [2.24, 2.45) is 11.7 Å². The summed E-state index contributed by atoms with van der Waals surface area (Å²) in [4.78, 5) is 14.1. The van der Waals surface area contributed by atoms with Crippen LogP contribution in [0, 0.1) is 5.92 Å². The lowest BCUT2D eigenvalue weighted by atomic mass is 10.1. The first kappa shape index (κ1) is 13.5. The Morgan fingerprint density at radius 2 is 2.12 bits per heavy atom. The summed E-state index contributed by atoms with van der Waals surface area (Å²) in [6.07, 6.45) is 6.37. The van der Waals surface area contributed by atoms with Crippen molar-refractivity contribution in [2.75, 3.05) is 13.1 Å². The van der Waals surface area contributed by atoms with Gasteiger partial charge in [-0.15, -0.1) is 0 Å². The van der Waals surface area contributed by atoms with Crippen LogP contribution in [-0.4, -0.2) is 29.9 Å². The molecule has 94 valence electrons. The first-order valence-corrected chi connectivity index (χ1v) is 6.64. The number of nitrogens with two attached hydrogens (primary N) is 1. The van der Waals surface area contributed by atoms with E-state index in [2.05, 4.69) is 13.8 Å². The van der Waals surface area contributed by atoms with Crippen molar-refractivity contribution in [3.05, 3.63) is 0 Å². The molecule has 1 fully saturated rings. The second kappa shape index (κ2) is 6.89. The molecule has 3 heteroatoms. The zero-order chi connectivity index (χ0) is 12.0. The molecule has 2 N–H and O–H groups in total. The Kier molecular flexibility index (Phi) is 5.81. The van der Waals surface area contributed by atoms with Crippen molar-refractivity contribution in [1.29, 1.82) is 0 Å². The Labute approximate surface area is 99.4 Å². The molecular formula is C13H26N2O. The monoisotopic (exact) mass is 226 g/mol. The molecule has 1 amide bonds. The molecule has 0 bridgehead atoms. The van der Waals surface area contributed by atoms with Gasteiger partial charge in [-0.05, 0) is 25.2 Å². The second-order valence-electron chi connectivity index (χ2n) is 5.26. The van der Waals surface area contributed by atoms with Crippen molar-refractivity contribution in [3.8, 4) is 0 Å². The molecule has 1 rings (SSSR count). The van der Waals surface area contributed by atoms with Crippen molar-refractivity contribution >= 4 is 5.91 Å². The Hall–Kier alpha value is -0.570. The van der Waals surface area contributed by atoms with Gasteiger partial charge in [0.15, 0.2) is 0 Å². The van der Waals surface area contributed by atoms with Gasteiger partial charge in [0.2, 0.25) is 5.91 Å². The normalized spacial score (nSPS) is 22.2. The van der Waals surface area contributed by atoms with Crippen LogP contribution in [0.5, 0.6) is 0 Å². The smallest absolute Gasteiger partial charge is 0.222 e. The Bertz CT molecular complexity index is 216. The summed E-state index contributed by atoms with van der Waals surface area (Å²) in [6.45, 7) is 5.86. The topological polar surface area (TPSA) is 46.3 Å². The standard InChI is InChI=1S/C13H26N2O/c1-11(2)7-8-13(16)15-9-5-3-4-6-12(15)10-14/h11-12H,3-10,14H2,1-2H3. The average molecular weight is 226 g/mol. The molecule has 0 saturated carbocycles. The summed E-state index contributed by atoms with van der Waals surface area (Å²) < 4.78 is 0. The maximum Gasteiger partial charge on any atom is 0.222 e. The fourth-order valence-corrected chi connectivity index (χ4v) is 2.31. The number of carbonyl (C=O) groups excluding carboxylic acids is 1. The number of amides is 1. The van der Waals surface area contributed by atoms with E-state index in [4.69, 9.17) is 5.73 Å². The number of hydrogen-bond donors (Lipinski definition) is 1. The number of carbonyl (C=O) groups is 1. The molecule has 0 spiro atoms. The van der Waals surface area contributed by atoms with Crippen LogP contribution in [0.3, 0.4) is 0 Å². The molecule has 0 aromatic rings. The SMILES string of the molecule is CC(C)CCC(=O)N1CCCCCC1CN. The van der Waals surface area contributed by atoms with E-state index >= 15 is 0 Å². The van der Waals surface area contributed by atoms with E-state index in [1.165, 1.54) is 12.8 Å². The molecule has 1 unspecified atom stereocenters. The van der Waals surface area contributed by atoms with E-state index in [-0.39, 0.29) is 0 Å². The minimum atomic E-state index is 0.294. The minimum absolute atomic E-state index is 0.294. The molecule has 1 heterocycles. The van der Waals surface area contributed by atoms with Gasteiger partial charge in [-0.1, -0.05) is 26.7 Å². The lowest BCUT2D eigenvalue weighted by Gasteiger charge is -2.29. The van der Waals surface area contributed by atoms with E-state index in [9.17, 15) is 4.79 Å². The van der Waals surface area contributed by atoms with E-state index in [1.54, 1.807) is 0 Å². The van der Waals surface area contributed by atoms with E-state index in [0.717, 1.165) is 25.8 Å². The van der Waals surface area contributed by atoms with Crippen LogP contribution in [-0.2, 0) is 4.79 Å². The van der Waals surface area contributed by atoms with Gasteiger partial charge in [0.05, 0.1) is 0 Å². The summed E-state index contributed by atoms with van der Waals surface area (Å²) in [6, 6.07) is 0.294. The van der Waals surface area contributed by atoms with Gasteiger partial charge in [-0.3, -0.25) is 4.79 Å². The summed E-state index contributed by atoms with van der Waals surface area (Å²) in [5, 5.41) is 0. The van der Waals surface area contributed by atoms with Crippen LogP contribution in [0.4, 0.5) is 0 Å². The van der Waals surface area contributed by atoms with Crippen molar-refractivity contribution < 1.29 is 4.79 Å². The second-order valence-corrected chi connectivity index (χ2v) is 5.26. The van der Waals surface area contributed by atoms with Gasteiger partial charge in [-0.2, -0.15) is 0 Å². The first-order chi connectivity index (χ1) is 7.65. The predicted octanol–water partition coefficient (Wildman–Crippen LogP) is 2.15. The summed E-state index contributed by atoms with van der Waals surface area (Å²) in [7, 11) is 0. The third-order valence-electron chi connectivity index (χ3n) is 3.41. The molecule has 1 aliphatic rings. The third-order valence-corrected chi connectivity index (χ3v) is 3.41. The summed E-state index contributed by atoms with van der Waals surface area (Å²) >= 11 is 0. The van der Waals surface area contributed by atoms with Gasteiger partial charge < -0.3 is 10.6 Å². The van der Waals surface area contributed by atoms with Crippen molar-refractivity contribution in [2.45, 2.75) is 58.4 Å². The lowest BCUT2D eigenvalue weighted by molar-refractivity contribution is -0.133. The fourth-order valence-electron chi connectivity index (χ4n) is 2.31. The highest BCUT2D eigenvalue weighted by molar-refractivity contribution is 5.76. The molecule has 1 aliphatic heterocycles. The molecule has 3 nitrogen and oxygen atoms in total. The van der Waals surface area contributed by atoms with Gasteiger partial charge in [0, 0.05) is 25.6 Å². The highest BCUT2D eigenvalue weighted by Gasteiger charge is 2.23. The summed E-state index contributed by atoms with van der Waals surface area (Å²) in [5.74, 6) is 0.915. The largest absolute Gasteiger partial charge is 0.338 e. The number of nitrogens with zero attached hydrogens (tertiary/aromatic N) is 1. The van der Waals surface area contributed by atoms with E-state index in [1.807, 2.05) is 4.90 Å². The van der Waals surface area contributed by atoms with Crippen LogP contribution in [0.15, 0.2) is 0 Å². The minimum Gasteiger partial charge on any atom is -0.338 e. The van der Waals surface area contributed by atoms with Crippen LogP contribution >= 0.6 is 0 Å². The zero-order valence-corrected chi connectivity index (χ0v) is 10.7. The van der Waals surface area contributed by atoms with Gasteiger partial charge >= 0.3 is 0 Å². The summed E-state index contributed by atoms with van der Waals surface area (Å²) in [5.41, 5.74) is 5.76. The predicted molar refractivity (Wildman–Crippen MR) is 67.1 cm³/mol. The van der Waals surface area contributed by atoms with Crippen molar-refractivity contribution in [3.63, 3.8) is 0 Å². The first-order valence-electron chi connectivity index (χ1n) is 6.64. The molecule has 0 aromatic heterocycles. The molecular weight excluding hydrogens is 200 g/mol. The van der Waals surface area contributed by atoms with E-state index in [0.29, 0.717) is 30.8 Å². The lowest BCUT2D eigenvalue weighted by Crippen LogP contribution is -2.44. The molecule has 1 atom stereocenters. The number of likely N-dealkylation sites (tertiary alicyclic amines) is 1. The van der Waals surface area contributed by atoms with Gasteiger partial charge in [-0.25, -0.2) is 0 Å². The Morgan fingerprint density at radius 1 is 1.38 bits per heavy atom. The van der Waals surface area contributed by atoms with Crippen molar-refractivity contribution in [1.82, 2.24) is 4.90 Å². The zero-order valence-electron chi connectivity index (χ0n) is 10.7. The maximum absolute atomic E-state index is 12.1. The molecule has 1 saturated heterocycles. The van der Waals surface area contributed by atoms with E-state index < -0.39 is 0 Å². The molecule has 0 radical (unpaired) electrons. The maximum atomic E-state index is 12.1. The number of rotatable bonds is 4. The van der Waals surface area contributed by atoms with Crippen LogP contribution < -0.4 is 5.73 Å².